The Morgan fingerprint density at radius 3 is 3.00 bits per heavy atom. The number of aromatic nitrogens is 2. The van der Waals surface area contributed by atoms with Gasteiger partial charge in [0.25, 0.3) is 0 Å². The summed E-state index contributed by atoms with van der Waals surface area (Å²) in [6, 6.07) is 1.92. The van der Waals surface area contributed by atoms with Gasteiger partial charge in [-0.25, -0.2) is 4.98 Å². The average Bonchev–Trinajstić information content (AvgIpc) is 3.10. The number of imidazole rings is 1. The second-order valence-corrected chi connectivity index (χ2v) is 5.50. The lowest BCUT2D eigenvalue weighted by Gasteiger charge is -2.10. The number of anilines is 1. The summed E-state index contributed by atoms with van der Waals surface area (Å²) in [7, 11) is 0. The lowest BCUT2D eigenvalue weighted by Crippen LogP contribution is -2.18. The Balaban J connectivity index is 1.58. The van der Waals surface area contributed by atoms with E-state index in [0.29, 0.717) is 19.3 Å². The normalized spacial score (nSPS) is 14.7. The number of nitrogens with one attached hydrogen (secondary N) is 1. The lowest BCUT2D eigenvalue weighted by atomic mass is 10.0. The number of hydrogen-bond acceptors (Lipinski definition) is 4. The van der Waals surface area contributed by atoms with Gasteiger partial charge in [-0.2, -0.15) is 10.2 Å². The molecule has 3 rings (SSSR count). The first-order valence-electron chi connectivity index (χ1n) is 7.23. The van der Waals surface area contributed by atoms with Gasteiger partial charge >= 0.3 is 0 Å². The van der Waals surface area contributed by atoms with Crippen LogP contribution in [0.2, 0.25) is 0 Å². The van der Waals surface area contributed by atoms with Crippen LogP contribution in [0.4, 0.5) is 5.69 Å². The molecule has 6 nitrogen and oxygen atoms in total. The maximum absolute atomic E-state index is 12.1. The molecule has 2 aromatic rings. The molecule has 0 radical (unpaired) electrons. The summed E-state index contributed by atoms with van der Waals surface area (Å²) in [6.07, 6.45) is 13.0. The van der Waals surface area contributed by atoms with E-state index in [1.807, 2.05) is 29.8 Å². The fourth-order valence-electron chi connectivity index (χ4n) is 2.48. The Hall–Kier alpha value is -2.68. The van der Waals surface area contributed by atoms with E-state index >= 15 is 0 Å². The van der Waals surface area contributed by atoms with E-state index in [4.69, 9.17) is 6.42 Å². The van der Waals surface area contributed by atoms with Crippen molar-refractivity contribution < 1.29 is 4.79 Å². The Morgan fingerprint density at radius 1 is 1.45 bits per heavy atom. The van der Waals surface area contributed by atoms with Gasteiger partial charge in [0, 0.05) is 44.3 Å². The second-order valence-electron chi connectivity index (χ2n) is 5.50. The van der Waals surface area contributed by atoms with Gasteiger partial charge in [0.2, 0.25) is 5.91 Å². The van der Waals surface area contributed by atoms with Gasteiger partial charge in [-0.05, 0) is 18.6 Å². The number of fused-ring (bicyclic) bond motifs is 1. The molecule has 0 bridgehead atoms. The zero-order chi connectivity index (χ0) is 15.6. The lowest BCUT2D eigenvalue weighted by molar-refractivity contribution is -0.116. The summed E-state index contributed by atoms with van der Waals surface area (Å²) in [6.45, 7) is 1.97. The number of amides is 1. The van der Waals surface area contributed by atoms with Crippen molar-refractivity contribution >= 4 is 17.2 Å². The highest BCUT2D eigenvalue weighted by atomic mass is 16.1. The van der Waals surface area contributed by atoms with Gasteiger partial charge in [0.1, 0.15) is 5.65 Å². The monoisotopic (exact) mass is 295 g/mol. The quantitative estimate of drug-likeness (QED) is 0.832. The molecular formula is C16H17N5O. The molecule has 1 N–H and O–H groups in total. The Bertz CT molecular complexity index is 777. The maximum atomic E-state index is 12.1. The van der Waals surface area contributed by atoms with Crippen LogP contribution in [0.3, 0.4) is 0 Å². The topological polar surface area (TPSA) is 71.1 Å². The summed E-state index contributed by atoms with van der Waals surface area (Å²) in [5, 5.41) is 11.0. The third-order valence-corrected chi connectivity index (χ3v) is 3.76. The van der Waals surface area contributed by atoms with Crippen molar-refractivity contribution in [1.29, 1.82) is 0 Å². The molecular weight excluding hydrogens is 278 g/mol. The Morgan fingerprint density at radius 2 is 2.27 bits per heavy atom. The molecule has 2 aromatic heterocycles. The predicted molar refractivity (Wildman–Crippen MR) is 83.4 cm³/mol. The number of hydrogen-bond donors (Lipinski definition) is 1. The Kier molecular flexibility index (Phi) is 3.63. The van der Waals surface area contributed by atoms with E-state index in [0.717, 1.165) is 23.3 Å². The van der Waals surface area contributed by atoms with Crippen LogP contribution < -0.4 is 5.32 Å². The molecule has 3 heterocycles. The van der Waals surface area contributed by atoms with Crippen LogP contribution in [0.1, 0.15) is 31.2 Å². The smallest absolute Gasteiger partial charge is 0.224 e. The van der Waals surface area contributed by atoms with E-state index < -0.39 is 5.66 Å². The van der Waals surface area contributed by atoms with Crippen molar-refractivity contribution in [3.8, 4) is 12.3 Å². The highest BCUT2D eigenvalue weighted by Crippen LogP contribution is 2.37. The van der Waals surface area contributed by atoms with Crippen molar-refractivity contribution in [2.75, 3.05) is 5.32 Å². The van der Waals surface area contributed by atoms with E-state index in [1.165, 1.54) is 0 Å². The van der Waals surface area contributed by atoms with E-state index in [2.05, 4.69) is 26.4 Å². The van der Waals surface area contributed by atoms with Gasteiger partial charge in [-0.15, -0.1) is 12.3 Å². The van der Waals surface area contributed by atoms with Gasteiger partial charge in [-0.1, -0.05) is 0 Å². The SMILES string of the molecule is C#CCCC1(CCC(=O)Nc2cc(C)c3nccn3c2)N=N1. The van der Waals surface area contributed by atoms with E-state index in [1.54, 1.807) is 6.20 Å². The summed E-state index contributed by atoms with van der Waals surface area (Å²) in [5.74, 6) is 2.54. The number of rotatable bonds is 6. The minimum Gasteiger partial charge on any atom is -0.325 e. The molecule has 0 spiro atoms. The Labute approximate surface area is 128 Å². The highest BCUT2D eigenvalue weighted by Gasteiger charge is 2.39. The third kappa shape index (κ3) is 2.98. The first-order valence-corrected chi connectivity index (χ1v) is 7.23. The minimum atomic E-state index is -0.409. The number of aryl methyl sites for hydroxylation is 1. The van der Waals surface area contributed by atoms with Crippen LogP contribution in [0.5, 0.6) is 0 Å². The van der Waals surface area contributed by atoms with Crippen LogP contribution in [-0.2, 0) is 4.79 Å². The highest BCUT2D eigenvalue weighted by molar-refractivity contribution is 5.91. The van der Waals surface area contributed by atoms with Gasteiger partial charge < -0.3 is 9.72 Å². The number of nitrogens with zero attached hydrogens (tertiary/aromatic N) is 4. The fraction of sp³-hybridized carbons (Fsp3) is 0.375. The van der Waals surface area contributed by atoms with Gasteiger partial charge in [-0.3, -0.25) is 4.79 Å². The molecule has 0 saturated heterocycles. The zero-order valence-electron chi connectivity index (χ0n) is 12.4. The number of carbonyl (C=O) groups excluding carboxylic acids is 1. The van der Waals surface area contributed by atoms with Crippen LogP contribution in [0.25, 0.3) is 5.65 Å². The van der Waals surface area contributed by atoms with E-state index in [9.17, 15) is 4.79 Å². The van der Waals surface area contributed by atoms with Crippen LogP contribution in [0, 0.1) is 19.3 Å². The largest absolute Gasteiger partial charge is 0.325 e. The van der Waals surface area contributed by atoms with Crippen LogP contribution >= 0.6 is 0 Å². The van der Waals surface area contributed by atoms with Crippen molar-refractivity contribution in [2.45, 2.75) is 38.3 Å². The predicted octanol–water partition coefficient (Wildman–Crippen LogP) is 2.94. The minimum absolute atomic E-state index is 0.0451. The molecule has 0 unspecified atom stereocenters. The van der Waals surface area contributed by atoms with E-state index in [-0.39, 0.29) is 5.91 Å². The molecule has 0 atom stereocenters. The molecule has 0 fully saturated rings. The molecule has 1 amide bonds. The summed E-state index contributed by atoms with van der Waals surface area (Å²) in [5.41, 5.74) is 2.26. The number of terminal acetylenes is 1. The molecule has 22 heavy (non-hydrogen) atoms. The molecule has 1 aliphatic heterocycles. The maximum Gasteiger partial charge on any atom is 0.224 e. The van der Waals surface area contributed by atoms with Gasteiger partial charge in [0.15, 0.2) is 5.66 Å². The second kappa shape index (κ2) is 5.60. The van der Waals surface area contributed by atoms with Crippen molar-refractivity contribution in [2.24, 2.45) is 10.2 Å². The van der Waals surface area contributed by atoms with Gasteiger partial charge in [0.05, 0.1) is 5.69 Å². The standard InChI is InChI=1S/C16H17N5O/c1-3-4-6-16(19-20-16)7-5-14(22)18-13-10-12(2)15-17-8-9-21(15)11-13/h1,8-11H,4-7H2,2H3,(H,18,22). The molecule has 112 valence electrons. The molecule has 1 aliphatic rings. The van der Waals surface area contributed by atoms with Crippen LogP contribution in [-0.4, -0.2) is 21.0 Å². The first kappa shape index (κ1) is 14.3. The summed E-state index contributed by atoms with van der Waals surface area (Å²) < 4.78 is 1.89. The molecule has 0 aliphatic carbocycles. The molecule has 0 aromatic carbocycles. The summed E-state index contributed by atoms with van der Waals surface area (Å²) >= 11 is 0. The van der Waals surface area contributed by atoms with Crippen molar-refractivity contribution in [3.05, 3.63) is 30.2 Å². The zero-order valence-corrected chi connectivity index (χ0v) is 12.4. The van der Waals surface area contributed by atoms with Crippen molar-refractivity contribution in [3.63, 3.8) is 0 Å². The third-order valence-electron chi connectivity index (χ3n) is 3.76. The number of carbonyl (C=O) groups is 1. The summed E-state index contributed by atoms with van der Waals surface area (Å²) in [4.78, 5) is 16.3. The number of pyridine rings is 1. The van der Waals surface area contributed by atoms with Crippen LogP contribution in [0.15, 0.2) is 34.9 Å². The fourth-order valence-corrected chi connectivity index (χ4v) is 2.48. The molecule has 6 heteroatoms. The average molecular weight is 295 g/mol. The van der Waals surface area contributed by atoms with Crippen molar-refractivity contribution in [1.82, 2.24) is 9.38 Å². The first-order chi connectivity index (χ1) is 10.6. The molecule has 0 saturated carbocycles.